The van der Waals surface area contributed by atoms with Gasteiger partial charge in [0.05, 0.1) is 16.6 Å². The lowest BCUT2D eigenvalue weighted by atomic mass is 10.0. The maximum atomic E-state index is 13.0. The summed E-state index contributed by atoms with van der Waals surface area (Å²) in [4.78, 5) is 16.7. The summed E-state index contributed by atoms with van der Waals surface area (Å²) in [5.41, 5.74) is 2.69. The number of thioether (sulfide) groups is 1. The van der Waals surface area contributed by atoms with Gasteiger partial charge in [0.25, 0.3) is 0 Å². The monoisotopic (exact) mass is 457 g/mol. The molecule has 0 bridgehead atoms. The number of sulfonamides is 1. The standard InChI is InChI=1S/C22H23N3O4S2/c1-2-30-17-3-5-18(6-4-17)31(28,29)25-11-8-16(9-12-25)20-14-24(15-22(26)27)21-13-23-10-7-19(20)21/h3-8,10,13-14H,2,9,11-12,15H2,1H3,(H,26,27). The van der Waals surface area contributed by atoms with Gasteiger partial charge < -0.3 is 9.67 Å². The molecule has 162 valence electrons. The van der Waals surface area contributed by atoms with Crippen LogP contribution in [0.3, 0.4) is 0 Å². The Balaban J connectivity index is 1.59. The summed E-state index contributed by atoms with van der Waals surface area (Å²) in [6, 6.07) is 8.89. The zero-order valence-electron chi connectivity index (χ0n) is 17.1. The highest BCUT2D eigenvalue weighted by Gasteiger charge is 2.27. The van der Waals surface area contributed by atoms with Crippen molar-refractivity contribution < 1.29 is 18.3 Å². The van der Waals surface area contributed by atoms with Crippen molar-refractivity contribution in [3.63, 3.8) is 0 Å². The number of carboxylic acids is 1. The van der Waals surface area contributed by atoms with Crippen LogP contribution in [0, 0.1) is 0 Å². The smallest absolute Gasteiger partial charge is 0.323 e. The normalized spacial score (nSPS) is 15.2. The summed E-state index contributed by atoms with van der Waals surface area (Å²) >= 11 is 1.67. The molecule has 1 N–H and O–H groups in total. The van der Waals surface area contributed by atoms with Crippen LogP contribution in [0.25, 0.3) is 16.5 Å². The van der Waals surface area contributed by atoms with Crippen molar-refractivity contribution in [2.75, 3.05) is 18.8 Å². The molecule has 31 heavy (non-hydrogen) atoms. The van der Waals surface area contributed by atoms with Crippen molar-refractivity contribution in [2.45, 2.75) is 29.7 Å². The van der Waals surface area contributed by atoms with E-state index in [1.54, 1.807) is 40.9 Å². The molecule has 2 aromatic heterocycles. The minimum Gasteiger partial charge on any atom is -0.480 e. The Morgan fingerprint density at radius 2 is 2.00 bits per heavy atom. The number of hydrogen-bond acceptors (Lipinski definition) is 5. The SMILES string of the molecule is CCSc1ccc(S(=O)(=O)N2CC=C(c3cn(CC(=O)O)c4cnccc34)CC2)cc1. The van der Waals surface area contributed by atoms with E-state index in [1.165, 1.54) is 4.31 Å². The van der Waals surface area contributed by atoms with Crippen LogP contribution in [0.4, 0.5) is 0 Å². The fourth-order valence-corrected chi connectivity index (χ4v) is 5.85. The number of aliphatic carboxylic acids is 1. The van der Waals surface area contributed by atoms with Crippen LogP contribution in [0.2, 0.25) is 0 Å². The topological polar surface area (TPSA) is 92.5 Å². The van der Waals surface area contributed by atoms with Gasteiger partial charge in [-0.2, -0.15) is 4.31 Å². The van der Waals surface area contributed by atoms with Crippen LogP contribution in [0.15, 0.2) is 64.8 Å². The van der Waals surface area contributed by atoms with Gasteiger partial charge in [-0.05, 0) is 48.1 Å². The second-order valence-corrected chi connectivity index (χ2v) is 10.5. The summed E-state index contributed by atoms with van der Waals surface area (Å²) in [7, 11) is -3.57. The minimum absolute atomic E-state index is 0.151. The van der Waals surface area contributed by atoms with E-state index in [4.69, 9.17) is 0 Å². The van der Waals surface area contributed by atoms with Crippen LogP contribution < -0.4 is 0 Å². The zero-order chi connectivity index (χ0) is 22.0. The lowest BCUT2D eigenvalue weighted by Gasteiger charge is -2.26. The quantitative estimate of drug-likeness (QED) is 0.544. The highest BCUT2D eigenvalue weighted by molar-refractivity contribution is 7.99. The van der Waals surface area contributed by atoms with Crippen molar-refractivity contribution in [2.24, 2.45) is 0 Å². The highest BCUT2D eigenvalue weighted by atomic mass is 32.2. The first-order valence-electron chi connectivity index (χ1n) is 9.97. The molecule has 1 aliphatic heterocycles. The van der Waals surface area contributed by atoms with Gasteiger partial charge >= 0.3 is 5.97 Å². The summed E-state index contributed by atoms with van der Waals surface area (Å²) in [6.07, 6.45) is 7.63. The average molecular weight is 458 g/mol. The second-order valence-electron chi connectivity index (χ2n) is 7.20. The van der Waals surface area contributed by atoms with E-state index in [1.807, 2.05) is 30.5 Å². The van der Waals surface area contributed by atoms with Crippen LogP contribution in [-0.2, 0) is 21.4 Å². The van der Waals surface area contributed by atoms with Crippen molar-refractivity contribution in [1.82, 2.24) is 13.9 Å². The van der Waals surface area contributed by atoms with Crippen LogP contribution >= 0.6 is 11.8 Å². The van der Waals surface area contributed by atoms with Gasteiger partial charge in [0, 0.05) is 41.3 Å². The molecule has 1 aromatic carbocycles. The molecule has 3 heterocycles. The molecule has 9 heteroatoms. The van der Waals surface area contributed by atoms with E-state index < -0.39 is 16.0 Å². The van der Waals surface area contributed by atoms with E-state index in [0.717, 1.165) is 32.7 Å². The summed E-state index contributed by atoms with van der Waals surface area (Å²) < 4.78 is 29.2. The third-order valence-electron chi connectivity index (χ3n) is 5.28. The van der Waals surface area contributed by atoms with E-state index in [9.17, 15) is 18.3 Å². The lowest BCUT2D eigenvalue weighted by Crippen LogP contribution is -2.34. The third kappa shape index (κ3) is 4.39. The Morgan fingerprint density at radius 3 is 2.65 bits per heavy atom. The number of hydrogen-bond donors (Lipinski definition) is 1. The molecule has 1 aliphatic rings. The number of carboxylic acid groups (broad SMARTS) is 1. The van der Waals surface area contributed by atoms with E-state index in [2.05, 4.69) is 11.9 Å². The number of rotatable bonds is 7. The zero-order valence-corrected chi connectivity index (χ0v) is 18.7. The Bertz CT molecular complexity index is 1250. The van der Waals surface area contributed by atoms with Gasteiger partial charge in [0.2, 0.25) is 10.0 Å². The molecule has 0 radical (unpaired) electrons. The molecule has 0 fully saturated rings. The molecular formula is C22H23N3O4S2. The molecular weight excluding hydrogens is 434 g/mol. The molecule has 0 saturated heterocycles. The molecule has 3 aromatic rings. The first kappa shape index (κ1) is 21.6. The van der Waals surface area contributed by atoms with Gasteiger partial charge in [-0.25, -0.2) is 8.42 Å². The van der Waals surface area contributed by atoms with E-state index >= 15 is 0 Å². The average Bonchev–Trinajstić information content (AvgIpc) is 3.12. The Morgan fingerprint density at radius 1 is 1.23 bits per heavy atom. The summed E-state index contributed by atoms with van der Waals surface area (Å²) in [5.74, 6) is 0.00983. The number of benzene rings is 1. The van der Waals surface area contributed by atoms with Crippen molar-refractivity contribution in [3.8, 4) is 0 Å². The largest absolute Gasteiger partial charge is 0.480 e. The van der Waals surface area contributed by atoms with Gasteiger partial charge in [-0.15, -0.1) is 11.8 Å². The van der Waals surface area contributed by atoms with Crippen molar-refractivity contribution in [1.29, 1.82) is 0 Å². The summed E-state index contributed by atoms with van der Waals surface area (Å²) in [6.45, 7) is 2.56. The molecule has 0 spiro atoms. The molecule has 0 aliphatic carbocycles. The van der Waals surface area contributed by atoms with Crippen LogP contribution in [-0.4, -0.2) is 52.2 Å². The molecule has 0 unspecified atom stereocenters. The van der Waals surface area contributed by atoms with E-state index in [-0.39, 0.29) is 13.1 Å². The molecule has 4 rings (SSSR count). The number of carbonyl (C=O) groups is 1. The molecule has 0 atom stereocenters. The minimum atomic E-state index is -3.57. The molecule has 0 amide bonds. The van der Waals surface area contributed by atoms with Gasteiger partial charge in [-0.1, -0.05) is 13.0 Å². The first-order chi connectivity index (χ1) is 14.9. The first-order valence-corrected chi connectivity index (χ1v) is 12.4. The number of pyridine rings is 1. The van der Waals surface area contributed by atoms with Crippen molar-refractivity contribution in [3.05, 3.63) is 60.6 Å². The van der Waals surface area contributed by atoms with Gasteiger partial charge in [0.1, 0.15) is 6.54 Å². The predicted molar refractivity (Wildman–Crippen MR) is 122 cm³/mol. The molecule has 0 saturated carbocycles. The Labute approximate surface area is 185 Å². The molecule has 7 nitrogen and oxygen atoms in total. The fraction of sp³-hybridized carbons (Fsp3) is 0.273. The van der Waals surface area contributed by atoms with Crippen molar-refractivity contribution >= 4 is 44.2 Å². The lowest BCUT2D eigenvalue weighted by molar-refractivity contribution is -0.137. The maximum Gasteiger partial charge on any atom is 0.323 e. The summed E-state index contributed by atoms with van der Waals surface area (Å²) in [5, 5.41) is 10.1. The van der Waals surface area contributed by atoms with Crippen LogP contribution in [0.5, 0.6) is 0 Å². The van der Waals surface area contributed by atoms with E-state index in [0.29, 0.717) is 17.9 Å². The Kier molecular flexibility index (Phi) is 6.17. The van der Waals surface area contributed by atoms with Gasteiger partial charge in [-0.3, -0.25) is 9.78 Å². The van der Waals surface area contributed by atoms with Crippen LogP contribution in [0.1, 0.15) is 18.9 Å². The number of aromatic nitrogens is 2. The second kappa shape index (κ2) is 8.86. The number of nitrogens with zero attached hydrogens (tertiary/aromatic N) is 3. The predicted octanol–water partition coefficient (Wildman–Crippen LogP) is 3.71. The Hall–Kier alpha value is -2.62. The third-order valence-corrected chi connectivity index (χ3v) is 8.05. The highest BCUT2D eigenvalue weighted by Crippen LogP contribution is 2.32. The fourth-order valence-electron chi connectivity index (χ4n) is 3.81. The number of fused-ring (bicyclic) bond motifs is 1. The maximum absolute atomic E-state index is 13.0. The van der Waals surface area contributed by atoms with Gasteiger partial charge in [0.15, 0.2) is 0 Å².